The van der Waals surface area contributed by atoms with Crippen molar-refractivity contribution in [3.8, 4) is 17.8 Å². The highest BCUT2D eigenvalue weighted by molar-refractivity contribution is 5.72. The average Bonchev–Trinajstić information content (AvgIpc) is 3.72. The Labute approximate surface area is 204 Å². The number of likely N-dealkylation sites (tertiary alicyclic amines) is 1. The van der Waals surface area contributed by atoms with Crippen LogP contribution in [-0.4, -0.2) is 23.0 Å². The molecule has 2 aromatic rings. The Balaban J connectivity index is 0.00000167. The first-order valence-corrected chi connectivity index (χ1v) is 11.6. The zero-order chi connectivity index (χ0) is 25.4. The molecule has 2 fully saturated rings. The van der Waals surface area contributed by atoms with E-state index in [1.165, 1.54) is 18.6 Å². The number of nitrogens with one attached hydrogen (secondary N) is 1. The van der Waals surface area contributed by atoms with Gasteiger partial charge in [-0.2, -0.15) is 0 Å². The zero-order valence-corrected chi connectivity index (χ0v) is 19.8. The molecule has 0 spiro atoms. The van der Waals surface area contributed by atoms with Crippen LogP contribution in [0.2, 0.25) is 0 Å². The van der Waals surface area contributed by atoms with Crippen molar-refractivity contribution in [2.24, 2.45) is 0 Å². The minimum Gasteiger partial charge on any atom is -0.370 e. The number of hydrogen-bond acceptors (Lipinski definition) is 4. The van der Waals surface area contributed by atoms with Gasteiger partial charge < -0.3 is 10.2 Å². The van der Waals surface area contributed by atoms with Crippen LogP contribution in [0.1, 0.15) is 44.7 Å². The predicted octanol–water partition coefficient (Wildman–Crippen LogP) is 6.86. The second-order valence-corrected chi connectivity index (χ2v) is 8.28. The number of benzene rings is 1. The van der Waals surface area contributed by atoms with Crippen LogP contribution >= 0.6 is 0 Å². The lowest BCUT2D eigenvalue weighted by molar-refractivity contribution is 0.290. The van der Waals surface area contributed by atoms with E-state index in [4.69, 9.17) is 5.26 Å². The second kappa shape index (κ2) is 12.1. The van der Waals surface area contributed by atoms with E-state index in [0.29, 0.717) is 5.69 Å². The molecule has 1 saturated carbocycles. The lowest BCUT2D eigenvalue weighted by Gasteiger charge is -2.31. The fourth-order valence-corrected chi connectivity index (χ4v) is 4.14. The molecule has 1 N–H and O–H groups in total. The SMILES string of the molecule is C#N.C=C/C(NC(=C1CC1)c1ccc(F)c(-c2c(F)cccc2F)n1)=C(\C=C/C)N1CCCCC1. The van der Waals surface area contributed by atoms with Crippen LogP contribution < -0.4 is 5.32 Å². The smallest absolute Gasteiger partial charge is 0.149 e. The number of piperidine rings is 1. The number of allylic oxidation sites excluding steroid dienone is 4. The number of halogens is 3. The van der Waals surface area contributed by atoms with Gasteiger partial charge in [0, 0.05) is 19.7 Å². The Bertz CT molecular complexity index is 1160. The predicted molar refractivity (Wildman–Crippen MR) is 133 cm³/mol. The van der Waals surface area contributed by atoms with Gasteiger partial charge in [0.05, 0.1) is 28.3 Å². The molecular formula is C28H29F3N4. The van der Waals surface area contributed by atoms with E-state index in [1.54, 1.807) is 12.1 Å². The van der Waals surface area contributed by atoms with E-state index in [0.717, 1.165) is 73.6 Å². The summed E-state index contributed by atoms with van der Waals surface area (Å²) in [6.07, 6.45) is 11.1. The summed E-state index contributed by atoms with van der Waals surface area (Å²) in [5.74, 6) is -2.47. The number of nitriles is 1. The van der Waals surface area contributed by atoms with Crippen molar-refractivity contribution in [1.82, 2.24) is 15.2 Å². The third-order valence-corrected chi connectivity index (χ3v) is 5.92. The van der Waals surface area contributed by atoms with Crippen LogP contribution in [0.25, 0.3) is 17.0 Å². The first kappa shape index (κ1) is 25.8. The van der Waals surface area contributed by atoms with E-state index >= 15 is 0 Å². The highest BCUT2D eigenvalue weighted by atomic mass is 19.1. The standard InChI is InChI=1S/C27H28F3N3.CHN/c1-3-9-24(33-16-6-5-7-17-33)22(4-2)31-26(18-12-13-18)23-15-14-21(30)27(32-23)25-19(28)10-8-11-20(25)29;1-2/h3-4,8-11,14-15,31H,2,5-7,12-13,16-17H2,1H3;1H/b9-3-,24-22-;. The summed E-state index contributed by atoms with van der Waals surface area (Å²) in [6.45, 7) is 11.4. The minimum absolute atomic E-state index is 0.336. The monoisotopic (exact) mass is 478 g/mol. The highest BCUT2D eigenvalue weighted by Crippen LogP contribution is 2.37. The molecule has 2 heterocycles. The summed E-state index contributed by atoms with van der Waals surface area (Å²) in [7, 11) is 0. The van der Waals surface area contributed by atoms with Gasteiger partial charge in [-0.05, 0) is 81.0 Å². The van der Waals surface area contributed by atoms with Crippen molar-refractivity contribution in [2.45, 2.75) is 39.0 Å². The number of pyridine rings is 1. The molecule has 0 amide bonds. The Kier molecular flexibility index (Phi) is 8.91. The molecule has 0 radical (unpaired) electrons. The Morgan fingerprint density at radius 1 is 1.03 bits per heavy atom. The minimum atomic E-state index is -0.848. The van der Waals surface area contributed by atoms with Gasteiger partial charge in [-0.15, -0.1) is 0 Å². The second-order valence-electron chi connectivity index (χ2n) is 8.28. The van der Waals surface area contributed by atoms with Crippen LogP contribution in [0, 0.1) is 29.3 Å². The Morgan fingerprint density at radius 3 is 2.26 bits per heavy atom. The molecule has 1 saturated heterocycles. The summed E-state index contributed by atoms with van der Waals surface area (Å²) in [5, 5.41) is 9.97. The van der Waals surface area contributed by atoms with E-state index in [9.17, 15) is 13.2 Å². The molecule has 1 aromatic heterocycles. The molecule has 35 heavy (non-hydrogen) atoms. The summed E-state index contributed by atoms with van der Waals surface area (Å²) in [6, 6.07) is 6.21. The van der Waals surface area contributed by atoms with Gasteiger partial charge in [0.15, 0.2) is 0 Å². The van der Waals surface area contributed by atoms with Gasteiger partial charge in [-0.25, -0.2) is 23.4 Å². The molecule has 4 rings (SSSR count). The lowest BCUT2D eigenvalue weighted by Crippen LogP contribution is -2.31. The van der Waals surface area contributed by atoms with Gasteiger partial charge in [0.2, 0.25) is 0 Å². The number of rotatable bonds is 7. The molecule has 2 aliphatic rings. The fourth-order valence-electron chi connectivity index (χ4n) is 4.14. The largest absolute Gasteiger partial charge is 0.370 e. The maximum absolute atomic E-state index is 14.6. The van der Waals surface area contributed by atoms with Crippen molar-refractivity contribution in [2.75, 3.05) is 13.1 Å². The molecule has 1 aliphatic heterocycles. The van der Waals surface area contributed by atoms with Gasteiger partial charge in [-0.1, -0.05) is 18.7 Å². The van der Waals surface area contributed by atoms with Crippen LogP contribution in [-0.2, 0) is 0 Å². The Morgan fingerprint density at radius 2 is 1.69 bits per heavy atom. The zero-order valence-electron chi connectivity index (χ0n) is 19.8. The topological polar surface area (TPSA) is 52.0 Å². The van der Waals surface area contributed by atoms with E-state index in [1.807, 2.05) is 13.0 Å². The van der Waals surface area contributed by atoms with Crippen LogP contribution in [0.4, 0.5) is 13.2 Å². The molecule has 4 nitrogen and oxygen atoms in total. The van der Waals surface area contributed by atoms with Gasteiger partial charge in [0.25, 0.3) is 0 Å². The molecule has 7 heteroatoms. The third-order valence-electron chi connectivity index (χ3n) is 5.92. The van der Waals surface area contributed by atoms with Gasteiger partial charge >= 0.3 is 0 Å². The van der Waals surface area contributed by atoms with Gasteiger partial charge in [-0.3, -0.25) is 0 Å². The Hall–Kier alpha value is -3.79. The normalized spacial score (nSPS) is 15.7. The molecule has 1 aliphatic carbocycles. The molecule has 0 unspecified atom stereocenters. The van der Waals surface area contributed by atoms with Crippen molar-refractivity contribution >= 4 is 5.70 Å². The molecular weight excluding hydrogens is 449 g/mol. The summed E-state index contributed by atoms with van der Waals surface area (Å²) >= 11 is 0. The number of hydrogen-bond donors (Lipinski definition) is 1. The molecule has 1 aromatic carbocycles. The number of aromatic nitrogens is 1. The van der Waals surface area contributed by atoms with E-state index in [2.05, 4.69) is 34.4 Å². The van der Waals surface area contributed by atoms with Gasteiger partial charge in [0.1, 0.15) is 23.1 Å². The third kappa shape index (κ3) is 6.02. The van der Waals surface area contributed by atoms with Crippen LogP contribution in [0.3, 0.4) is 0 Å². The molecule has 0 bridgehead atoms. The first-order chi connectivity index (χ1) is 17.0. The summed E-state index contributed by atoms with van der Waals surface area (Å²) < 4.78 is 43.4. The van der Waals surface area contributed by atoms with E-state index in [-0.39, 0.29) is 5.69 Å². The lowest BCUT2D eigenvalue weighted by atomic mass is 10.1. The van der Waals surface area contributed by atoms with Crippen molar-refractivity contribution in [3.63, 3.8) is 0 Å². The van der Waals surface area contributed by atoms with Crippen molar-refractivity contribution in [3.05, 3.63) is 95.3 Å². The summed E-state index contributed by atoms with van der Waals surface area (Å²) in [4.78, 5) is 6.70. The maximum atomic E-state index is 14.6. The van der Waals surface area contributed by atoms with Crippen molar-refractivity contribution in [1.29, 1.82) is 5.26 Å². The molecule has 0 atom stereocenters. The summed E-state index contributed by atoms with van der Waals surface area (Å²) in [5.41, 5.74) is 3.38. The average molecular weight is 479 g/mol. The quantitative estimate of drug-likeness (QED) is 0.442. The number of nitrogens with zero attached hydrogens (tertiary/aromatic N) is 3. The molecule has 182 valence electrons. The first-order valence-electron chi connectivity index (χ1n) is 11.6. The fraction of sp³-hybridized carbons (Fsp3) is 0.286. The van der Waals surface area contributed by atoms with Crippen LogP contribution in [0.5, 0.6) is 0 Å². The van der Waals surface area contributed by atoms with Crippen molar-refractivity contribution < 1.29 is 13.2 Å². The highest BCUT2D eigenvalue weighted by Gasteiger charge is 2.24. The van der Waals surface area contributed by atoms with Crippen LogP contribution in [0.15, 0.2) is 72.1 Å². The maximum Gasteiger partial charge on any atom is 0.149 e. The van der Waals surface area contributed by atoms with E-state index < -0.39 is 23.0 Å².